The molecule has 1 heterocycles. The highest BCUT2D eigenvalue weighted by atomic mass is 35.5. The first kappa shape index (κ1) is 35.9. The van der Waals surface area contributed by atoms with Crippen LogP contribution >= 0.6 is 11.6 Å². The van der Waals surface area contributed by atoms with Gasteiger partial charge in [0.15, 0.2) is 0 Å². The van der Waals surface area contributed by atoms with Crippen LogP contribution in [-0.2, 0) is 29.3 Å². The summed E-state index contributed by atoms with van der Waals surface area (Å²) >= 11 is 6.33. The second-order valence-electron chi connectivity index (χ2n) is 13.2. The summed E-state index contributed by atoms with van der Waals surface area (Å²) in [5.74, 6) is -2.81. The van der Waals surface area contributed by atoms with Crippen molar-refractivity contribution in [3.63, 3.8) is 0 Å². The van der Waals surface area contributed by atoms with Crippen molar-refractivity contribution < 1.29 is 28.7 Å². The third-order valence-electron chi connectivity index (χ3n) is 9.33. The molecular weight excluding hydrogens is 620 g/mol. The minimum Gasteiger partial charge on any atom is -0.440 e. The van der Waals surface area contributed by atoms with E-state index >= 15 is 0 Å². The summed E-state index contributed by atoms with van der Waals surface area (Å²) in [6.45, 7) is 6.32. The predicted molar refractivity (Wildman–Crippen MR) is 180 cm³/mol. The van der Waals surface area contributed by atoms with Crippen LogP contribution in [-0.4, -0.2) is 54.8 Å². The Morgan fingerprint density at radius 1 is 0.936 bits per heavy atom. The third-order valence-corrected chi connectivity index (χ3v) is 9.57. The fourth-order valence-electron chi connectivity index (χ4n) is 6.64. The Bertz CT molecular complexity index is 1410. The van der Waals surface area contributed by atoms with Crippen LogP contribution < -0.4 is 21.3 Å². The van der Waals surface area contributed by atoms with E-state index in [1.54, 1.807) is 13.0 Å². The minimum absolute atomic E-state index is 0.0158. The summed E-state index contributed by atoms with van der Waals surface area (Å²) in [4.78, 5) is 65.8. The number of carbonyl (C=O) groups excluding carboxylic acids is 5. The maximum atomic E-state index is 13.9. The molecule has 1 saturated carbocycles. The number of hydrogen-bond acceptors (Lipinski definition) is 6. The zero-order chi connectivity index (χ0) is 34.0. The molecule has 1 unspecified atom stereocenters. The van der Waals surface area contributed by atoms with Crippen LogP contribution in [0.15, 0.2) is 54.6 Å². The normalized spacial score (nSPS) is 18.7. The van der Waals surface area contributed by atoms with E-state index in [0.717, 1.165) is 43.2 Å². The van der Waals surface area contributed by atoms with E-state index in [9.17, 15) is 24.0 Å². The van der Waals surface area contributed by atoms with Crippen LogP contribution in [0.2, 0.25) is 5.02 Å². The summed E-state index contributed by atoms with van der Waals surface area (Å²) in [5, 5.41) is 11.3. The largest absolute Gasteiger partial charge is 0.440 e. The molecule has 4 amide bonds. The maximum Gasteiger partial charge on any atom is 0.408 e. The molecule has 10 nitrogen and oxygen atoms in total. The average Bonchev–Trinajstić information content (AvgIpc) is 3.47. The topological polar surface area (TPSA) is 143 Å². The molecular formula is C36H47ClN4O6. The van der Waals surface area contributed by atoms with Gasteiger partial charge in [-0.1, -0.05) is 100 Å². The summed E-state index contributed by atoms with van der Waals surface area (Å²) in [7, 11) is 0. The highest BCUT2D eigenvalue weighted by molar-refractivity contribution is 6.38. The molecule has 2 aromatic rings. The molecule has 0 aromatic heterocycles. The quantitative estimate of drug-likeness (QED) is 0.206. The molecule has 2 fully saturated rings. The van der Waals surface area contributed by atoms with Crippen molar-refractivity contribution in [3.05, 3.63) is 70.7 Å². The Labute approximate surface area is 282 Å². The van der Waals surface area contributed by atoms with Gasteiger partial charge in [-0.3, -0.25) is 19.2 Å². The lowest BCUT2D eigenvalue weighted by atomic mass is 9.76. The molecule has 2 aliphatic rings. The van der Waals surface area contributed by atoms with Gasteiger partial charge in [-0.15, -0.1) is 0 Å². The van der Waals surface area contributed by atoms with Gasteiger partial charge in [0.2, 0.25) is 17.6 Å². The molecule has 0 bridgehead atoms. The van der Waals surface area contributed by atoms with E-state index in [1.807, 2.05) is 62.4 Å². The zero-order valence-electron chi connectivity index (χ0n) is 27.5. The van der Waals surface area contributed by atoms with Gasteiger partial charge in [0.25, 0.3) is 5.91 Å². The molecule has 1 saturated heterocycles. The molecule has 4 N–H and O–H groups in total. The van der Waals surface area contributed by atoms with E-state index in [-0.39, 0.29) is 24.8 Å². The van der Waals surface area contributed by atoms with Crippen molar-refractivity contribution in [1.82, 2.24) is 21.3 Å². The SMILES string of the molecule is CCNC(=O)C(=O)[C@H](C[C@@H]1CCNC1=O)NC(=O)[C@H](CC1CCCCC1)NC(=O)OC(c1ccccc1)C(C)(C)c1cccc(Cl)c1. The van der Waals surface area contributed by atoms with E-state index in [4.69, 9.17) is 16.3 Å². The second kappa shape index (κ2) is 16.8. The van der Waals surface area contributed by atoms with E-state index in [1.165, 1.54) is 0 Å². The highest BCUT2D eigenvalue weighted by Gasteiger charge is 2.39. The molecule has 0 spiro atoms. The molecule has 1 aliphatic carbocycles. The van der Waals surface area contributed by atoms with Gasteiger partial charge in [0.1, 0.15) is 12.1 Å². The Kier molecular flexibility index (Phi) is 12.8. The van der Waals surface area contributed by atoms with Crippen LogP contribution in [0.1, 0.15) is 89.4 Å². The van der Waals surface area contributed by atoms with Crippen molar-refractivity contribution in [3.8, 4) is 0 Å². The van der Waals surface area contributed by atoms with Crippen molar-refractivity contribution in [2.75, 3.05) is 13.1 Å². The fraction of sp³-hybridized carbons (Fsp3) is 0.528. The van der Waals surface area contributed by atoms with Gasteiger partial charge in [0, 0.05) is 29.4 Å². The average molecular weight is 667 g/mol. The number of Topliss-reactive ketones (excluding diaryl/α,β-unsaturated/α-hetero) is 1. The molecule has 0 radical (unpaired) electrons. The number of benzene rings is 2. The van der Waals surface area contributed by atoms with Crippen molar-refractivity contribution in [2.45, 2.75) is 95.7 Å². The summed E-state index contributed by atoms with van der Waals surface area (Å²) in [6, 6.07) is 14.5. The van der Waals surface area contributed by atoms with Crippen LogP contribution in [0.4, 0.5) is 4.79 Å². The Morgan fingerprint density at radius 2 is 1.66 bits per heavy atom. The maximum absolute atomic E-state index is 13.9. The Hall–Kier alpha value is -3.92. The monoisotopic (exact) mass is 666 g/mol. The number of ether oxygens (including phenoxy) is 1. The van der Waals surface area contributed by atoms with Gasteiger partial charge in [-0.2, -0.15) is 0 Å². The van der Waals surface area contributed by atoms with Gasteiger partial charge < -0.3 is 26.0 Å². The fourth-order valence-corrected chi connectivity index (χ4v) is 6.83. The molecule has 1 aliphatic heterocycles. The number of ketones is 1. The highest BCUT2D eigenvalue weighted by Crippen LogP contribution is 2.40. The standard InChI is InChI=1S/C36H47ClN4O6/c1-4-38-34(45)30(42)28(21-25-18-19-39-32(25)43)40-33(44)29(20-23-12-7-5-8-13-23)41-35(46)47-31(24-14-9-6-10-15-24)36(2,3)26-16-11-17-27(37)22-26/h6,9-11,14-17,22-23,25,28-29,31H,4-5,7-8,12-13,18-21H2,1-3H3,(H,38,45)(H,39,43)(H,40,44)(H,41,46)/t25-,28-,29-,31?/m0/s1. The molecule has 4 atom stereocenters. The summed E-state index contributed by atoms with van der Waals surface area (Å²) in [6.07, 6.45) is 4.31. The Balaban J connectivity index is 1.58. The van der Waals surface area contributed by atoms with Crippen LogP contribution in [0.3, 0.4) is 0 Å². The van der Waals surface area contributed by atoms with Gasteiger partial charge >= 0.3 is 6.09 Å². The van der Waals surface area contributed by atoms with E-state index in [2.05, 4.69) is 21.3 Å². The van der Waals surface area contributed by atoms with Crippen molar-refractivity contribution in [2.24, 2.45) is 11.8 Å². The first-order valence-corrected chi connectivity index (χ1v) is 17.1. The molecule has 11 heteroatoms. The number of likely N-dealkylation sites (N-methyl/N-ethyl adjacent to an activating group) is 1. The number of carbonyl (C=O) groups is 5. The first-order chi connectivity index (χ1) is 22.5. The van der Waals surface area contributed by atoms with E-state index < -0.39 is 53.2 Å². The zero-order valence-corrected chi connectivity index (χ0v) is 28.2. The molecule has 47 heavy (non-hydrogen) atoms. The lowest BCUT2D eigenvalue weighted by molar-refractivity contribution is -0.140. The number of rotatable bonds is 14. The van der Waals surface area contributed by atoms with Gasteiger partial charge in [-0.05, 0) is 55.4 Å². The number of amides is 4. The predicted octanol–water partition coefficient (Wildman–Crippen LogP) is 5.14. The van der Waals surface area contributed by atoms with Crippen molar-refractivity contribution >= 4 is 41.2 Å². The lowest BCUT2D eigenvalue weighted by Crippen LogP contribution is -2.55. The minimum atomic E-state index is -1.23. The van der Waals surface area contributed by atoms with E-state index in [0.29, 0.717) is 24.4 Å². The van der Waals surface area contributed by atoms with Crippen LogP contribution in [0.25, 0.3) is 0 Å². The third kappa shape index (κ3) is 9.79. The number of halogens is 1. The lowest BCUT2D eigenvalue weighted by Gasteiger charge is -2.35. The smallest absolute Gasteiger partial charge is 0.408 e. The summed E-state index contributed by atoms with van der Waals surface area (Å²) in [5.41, 5.74) is 0.922. The number of nitrogens with one attached hydrogen (secondary N) is 4. The van der Waals surface area contributed by atoms with Crippen molar-refractivity contribution in [1.29, 1.82) is 0 Å². The molecule has 254 valence electrons. The summed E-state index contributed by atoms with van der Waals surface area (Å²) < 4.78 is 6.15. The number of hydrogen-bond donors (Lipinski definition) is 4. The number of alkyl carbamates (subject to hydrolysis) is 1. The first-order valence-electron chi connectivity index (χ1n) is 16.7. The van der Waals surface area contributed by atoms with Crippen LogP contribution in [0, 0.1) is 11.8 Å². The van der Waals surface area contributed by atoms with Gasteiger partial charge in [-0.25, -0.2) is 4.79 Å². The van der Waals surface area contributed by atoms with Crippen LogP contribution in [0.5, 0.6) is 0 Å². The molecule has 2 aromatic carbocycles. The molecule has 4 rings (SSSR count). The Morgan fingerprint density at radius 3 is 2.30 bits per heavy atom. The second-order valence-corrected chi connectivity index (χ2v) is 13.6. The van der Waals surface area contributed by atoms with Gasteiger partial charge in [0.05, 0.1) is 6.04 Å².